The van der Waals surface area contributed by atoms with Crippen LogP contribution in [0.15, 0.2) is 218 Å². The van der Waals surface area contributed by atoms with Crippen LogP contribution in [0.5, 0.6) is 0 Å². The highest BCUT2D eigenvalue weighted by Crippen LogP contribution is 2.42. The van der Waals surface area contributed by atoms with Gasteiger partial charge in [-0.05, 0) is 74.0 Å². The summed E-state index contributed by atoms with van der Waals surface area (Å²) in [5.74, 6) is 0. The third kappa shape index (κ3) is 6.34. The molecule has 8 aromatic carbocycles. The molecule has 2 aromatic heterocycles. The van der Waals surface area contributed by atoms with Crippen molar-refractivity contribution in [2.45, 2.75) is 0 Å². The van der Waals surface area contributed by atoms with E-state index in [0.29, 0.717) is 0 Å². The highest BCUT2D eigenvalue weighted by atomic mass is 14.7. The third-order valence-corrected chi connectivity index (χ3v) is 10.7. The summed E-state index contributed by atoms with van der Waals surface area (Å²) in [4.78, 5) is 10.5. The Balaban J connectivity index is 1.05. The molecule has 10 aromatic rings. The van der Waals surface area contributed by atoms with Gasteiger partial charge < -0.3 is 0 Å². The van der Waals surface area contributed by atoms with Crippen LogP contribution in [0.1, 0.15) is 0 Å². The lowest BCUT2D eigenvalue weighted by atomic mass is 9.90. The minimum Gasteiger partial charge on any atom is -0.248 e. The van der Waals surface area contributed by atoms with E-state index in [1.807, 2.05) is 12.1 Å². The van der Waals surface area contributed by atoms with E-state index in [1.54, 1.807) is 0 Å². The van der Waals surface area contributed by atoms with E-state index < -0.39 is 0 Å². The standard InChI is InChI=1S/C54H36N2/c1-5-15-40(16-6-1)48-36-52(44-21-11-4-12-22-44)56-54-49(33-45-23-13-14-24-47(45)53(48)54)41-31-29-38(30-32-41)37-25-27-39(28-26-37)46-34-50(42-17-7-2-8-18-42)55-51(35-46)43-19-9-3-10-20-43/h1-36H. The van der Waals surface area contributed by atoms with Crippen LogP contribution in [0.25, 0.3) is 100.0 Å². The first-order valence-corrected chi connectivity index (χ1v) is 19.1. The number of hydrogen-bond acceptors (Lipinski definition) is 2. The van der Waals surface area contributed by atoms with Crippen LogP contribution in [0.2, 0.25) is 0 Å². The molecule has 0 atom stereocenters. The molecule has 0 radical (unpaired) electrons. The maximum absolute atomic E-state index is 5.42. The Morgan fingerprint density at radius 3 is 1.16 bits per heavy atom. The number of aromatic nitrogens is 2. The van der Waals surface area contributed by atoms with Gasteiger partial charge in [0.25, 0.3) is 0 Å². The first kappa shape index (κ1) is 33.2. The molecule has 0 N–H and O–H groups in total. The number of rotatable bonds is 7. The van der Waals surface area contributed by atoms with Crippen molar-refractivity contribution in [3.05, 3.63) is 218 Å². The fourth-order valence-electron chi connectivity index (χ4n) is 7.82. The molecular weight excluding hydrogens is 677 g/mol. The van der Waals surface area contributed by atoms with E-state index in [2.05, 4.69) is 206 Å². The van der Waals surface area contributed by atoms with Gasteiger partial charge in [0.05, 0.1) is 22.6 Å². The summed E-state index contributed by atoms with van der Waals surface area (Å²) in [5.41, 5.74) is 16.4. The van der Waals surface area contributed by atoms with Gasteiger partial charge in [0.15, 0.2) is 0 Å². The molecule has 0 saturated heterocycles. The summed E-state index contributed by atoms with van der Waals surface area (Å²) in [6, 6.07) is 77.5. The normalized spacial score (nSPS) is 11.2. The summed E-state index contributed by atoms with van der Waals surface area (Å²) in [5, 5.41) is 3.57. The van der Waals surface area contributed by atoms with Crippen molar-refractivity contribution in [2.75, 3.05) is 0 Å². The predicted molar refractivity (Wildman–Crippen MR) is 235 cm³/mol. The Labute approximate surface area is 327 Å². The van der Waals surface area contributed by atoms with Crippen molar-refractivity contribution in [3.8, 4) is 78.3 Å². The summed E-state index contributed by atoms with van der Waals surface area (Å²) < 4.78 is 0. The molecular formula is C54H36N2. The van der Waals surface area contributed by atoms with Crippen molar-refractivity contribution < 1.29 is 0 Å². The van der Waals surface area contributed by atoms with Gasteiger partial charge in [-0.2, -0.15) is 0 Å². The number of fused-ring (bicyclic) bond motifs is 3. The van der Waals surface area contributed by atoms with Gasteiger partial charge in [0.2, 0.25) is 0 Å². The Morgan fingerprint density at radius 1 is 0.250 bits per heavy atom. The molecule has 10 rings (SSSR count). The van der Waals surface area contributed by atoms with Gasteiger partial charge in [-0.1, -0.05) is 194 Å². The van der Waals surface area contributed by atoms with Crippen LogP contribution < -0.4 is 0 Å². The van der Waals surface area contributed by atoms with E-state index in [9.17, 15) is 0 Å². The maximum Gasteiger partial charge on any atom is 0.0800 e. The second kappa shape index (κ2) is 14.4. The van der Waals surface area contributed by atoms with Gasteiger partial charge in [0.1, 0.15) is 0 Å². The first-order valence-electron chi connectivity index (χ1n) is 19.1. The fourth-order valence-corrected chi connectivity index (χ4v) is 7.82. The minimum absolute atomic E-state index is 0.962. The van der Waals surface area contributed by atoms with Crippen LogP contribution in [-0.2, 0) is 0 Å². The number of hydrogen-bond donors (Lipinski definition) is 0. The summed E-state index contributed by atoms with van der Waals surface area (Å²) in [7, 11) is 0. The monoisotopic (exact) mass is 712 g/mol. The van der Waals surface area contributed by atoms with Crippen LogP contribution >= 0.6 is 0 Å². The topological polar surface area (TPSA) is 25.8 Å². The van der Waals surface area contributed by atoms with Crippen LogP contribution in [0.4, 0.5) is 0 Å². The van der Waals surface area contributed by atoms with Gasteiger partial charge >= 0.3 is 0 Å². The van der Waals surface area contributed by atoms with Crippen molar-refractivity contribution in [2.24, 2.45) is 0 Å². The van der Waals surface area contributed by atoms with Gasteiger partial charge in [-0.3, -0.25) is 0 Å². The highest BCUT2D eigenvalue weighted by Gasteiger charge is 2.17. The second-order valence-corrected chi connectivity index (χ2v) is 14.2. The Hall–Kier alpha value is -7.42. The molecule has 0 aliphatic carbocycles. The molecule has 56 heavy (non-hydrogen) atoms. The highest BCUT2D eigenvalue weighted by molar-refractivity contribution is 6.18. The number of pyridine rings is 2. The average Bonchev–Trinajstić information content (AvgIpc) is 3.29. The fraction of sp³-hybridized carbons (Fsp3) is 0. The SMILES string of the molecule is c1ccc(-c2cc(-c3ccc(-c4ccc(-c5cc6ccccc6c6c(-c7ccccc7)cc(-c7ccccc7)nc56)cc4)cc3)cc(-c3ccccc3)n2)cc1. The van der Waals surface area contributed by atoms with E-state index >= 15 is 0 Å². The summed E-state index contributed by atoms with van der Waals surface area (Å²) in [6.45, 7) is 0. The number of benzene rings is 8. The molecule has 0 bridgehead atoms. The zero-order valence-electron chi connectivity index (χ0n) is 30.7. The second-order valence-electron chi connectivity index (χ2n) is 14.2. The maximum atomic E-state index is 5.42. The Bertz CT molecular complexity index is 2900. The molecule has 0 amide bonds. The Kier molecular flexibility index (Phi) is 8.55. The summed E-state index contributed by atoms with van der Waals surface area (Å²) >= 11 is 0. The third-order valence-electron chi connectivity index (χ3n) is 10.7. The van der Waals surface area contributed by atoms with Crippen LogP contribution in [0.3, 0.4) is 0 Å². The molecule has 0 unspecified atom stereocenters. The average molecular weight is 713 g/mol. The molecule has 0 aliphatic rings. The van der Waals surface area contributed by atoms with Gasteiger partial charge in [0, 0.05) is 27.6 Å². The van der Waals surface area contributed by atoms with Gasteiger partial charge in [-0.15, -0.1) is 0 Å². The molecule has 262 valence electrons. The zero-order valence-corrected chi connectivity index (χ0v) is 30.7. The molecule has 0 saturated carbocycles. The smallest absolute Gasteiger partial charge is 0.0800 e. The first-order chi connectivity index (χ1) is 27.7. The number of nitrogens with zero attached hydrogens (tertiary/aromatic N) is 2. The molecule has 2 heteroatoms. The lowest BCUT2D eigenvalue weighted by Gasteiger charge is -2.17. The van der Waals surface area contributed by atoms with Crippen LogP contribution in [0, 0.1) is 0 Å². The van der Waals surface area contributed by atoms with E-state index in [-0.39, 0.29) is 0 Å². The molecule has 0 fully saturated rings. The quantitative estimate of drug-likeness (QED) is 0.154. The molecule has 2 heterocycles. The van der Waals surface area contributed by atoms with Gasteiger partial charge in [-0.25, -0.2) is 9.97 Å². The molecule has 2 nitrogen and oxygen atoms in total. The van der Waals surface area contributed by atoms with Crippen LogP contribution in [-0.4, -0.2) is 9.97 Å². The predicted octanol–water partition coefficient (Wildman–Crippen LogP) is 14.5. The van der Waals surface area contributed by atoms with E-state index in [0.717, 1.165) is 67.1 Å². The van der Waals surface area contributed by atoms with Crippen molar-refractivity contribution >= 4 is 21.7 Å². The summed E-state index contributed by atoms with van der Waals surface area (Å²) in [6.07, 6.45) is 0. The van der Waals surface area contributed by atoms with Crippen molar-refractivity contribution in [1.29, 1.82) is 0 Å². The van der Waals surface area contributed by atoms with Crippen molar-refractivity contribution in [1.82, 2.24) is 9.97 Å². The minimum atomic E-state index is 0.962. The molecule has 0 spiro atoms. The largest absolute Gasteiger partial charge is 0.248 e. The van der Waals surface area contributed by atoms with E-state index in [4.69, 9.17) is 9.97 Å². The lowest BCUT2D eigenvalue weighted by Crippen LogP contribution is -1.94. The lowest BCUT2D eigenvalue weighted by molar-refractivity contribution is 1.32. The molecule has 0 aliphatic heterocycles. The van der Waals surface area contributed by atoms with E-state index in [1.165, 1.54) is 32.8 Å². The Morgan fingerprint density at radius 2 is 0.643 bits per heavy atom. The van der Waals surface area contributed by atoms with Crippen molar-refractivity contribution in [3.63, 3.8) is 0 Å². The zero-order chi connectivity index (χ0) is 37.3.